The monoisotopic (exact) mass is 355 g/mol. The van der Waals surface area contributed by atoms with Crippen LogP contribution in [0.15, 0.2) is 59.5 Å². The average molecular weight is 356 g/mol. The predicted molar refractivity (Wildman–Crippen MR) is 88.7 cm³/mol. The molecule has 0 unspecified atom stereocenters. The first-order valence-corrected chi connectivity index (χ1v) is 8.90. The first kappa shape index (κ1) is 17.9. The van der Waals surface area contributed by atoms with Crippen molar-refractivity contribution in [2.75, 3.05) is 6.61 Å². The smallest absolute Gasteiger partial charge is 0.240 e. The van der Waals surface area contributed by atoms with Crippen LogP contribution < -0.4 is 4.72 Å². The van der Waals surface area contributed by atoms with E-state index in [0.717, 1.165) is 0 Å². The van der Waals surface area contributed by atoms with E-state index in [-0.39, 0.29) is 11.3 Å². The second-order valence-electron chi connectivity index (χ2n) is 5.12. The Labute approximate surface area is 140 Å². The van der Waals surface area contributed by atoms with Crippen LogP contribution in [0.25, 0.3) is 0 Å². The summed E-state index contributed by atoms with van der Waals surface area (Å²) in [4.78, 5) is 0.0117. The number of hydrogen-bond donors (Lipinski definition) is 3. The molecule has 7 heteroatoms. The highest BCUT2D eigenvalue weighted by atomic mass is 35.5. The molecule has 2 aromatic rings. The number of hydrogen-bond acceptors (Lipinski definition) is 4. The van der Waals surface area contributed by atoms with E-state index < -0.39 is 28.8 Å². The van der Waals surface area contributed by atoms with Gasteiger partial charge in [0, 0.05) is 11.1 Å². The molecular formula is C16H18ClNO4S. The molecule has 0 bridgehead atoms. The number of aliphatic hydroxyl groups is 2. The Hall–Kier alpha value is -1.44. The molecule has 2 aromatic carbocycles. The van der Waals surface area contributed by atoms with Gasteiger partial charge in [-0.15, -0.1) is 0 Å². The molecule has 0 aromatic heterocycles. The van der Waals surface area contributed by atoms with E-state index in [4.69, 9.17) is 11.6 Å². The molecule has 2 atom stereocenters. The summed E-state index contributed by atoms with van der Waals surface area (Å²) < 4.78 is 27.0. The van der Waals surface area contributed by atoms with Gasteiger partial charge in [-0.3, -0.25) is 0 Å². The lowest BCUT2D eigenvalue weighted by atomic mass is 10.0. The maximum Gasteiger partial charge on any atom is 0.240 e. The van der Waals surface area contributed by atoms with Gasteiger partial charge in [0.15, 0.2) is 0 Å². The van der Waals surface area contributed by atoms with Crippen molar-refractivity contribution in [2.24, 2.45) is 0 Å². The van der Waals surface area contributed by atoms with Crippen molar-refractivity contribution in [3.8, 4) is 0 Å². The zero-order valence-corrected chi connectivity index (χ0v) is 13.8. The molecule has 2 rings (SSSR count). The van der Waals surface area contributed by atoms with Crippen molar-refractivity contribution >= 4 is 21.6 Å². The molecule has 0 saturated carbocycles. The third-order valence-corrected chi connectivity index (χ3v) is 5.09. The van der Waals surface area contributed by atoms with Crippen molar-refractivity contribution in [1.82, 2.24) is 4.72 Å². The van der Waals surface area contributed by atoms with Gasteiger partial charge < -0.3 is 10.2 Å². The molecule has 124 valence electrons. The molecule has 0 spiro atoms. The summed E-state index contributed by atoms with van der Waals surface area (Å²) in [5.41, 5.74) is 0.660. The summed E-state index contributed by atoms with van der Waals surface area (Å²) >= 11 is 5.80. The van der Waals surface area contributed by atoms with E-state index in [2.05, 4.69) is 4.72 Å². The number of benzene rings is 2. The quantitative estimate of drug-likeness (QED) is 0.710. The highest BCUT2D eigenvalue weighted by Crippen LogP contribution is 2.20. The highest BCUT2D eigenvalue weighted by molar-refractivity contribution is 7.89. The van der Waals surface area contributed by atoms with Crippen molar-refractivity contribution in [1.29, 1.82) is 0 Å². The van der Waals surface area contributed by atoms with Gasteiger partial charge >= 0.3 is 0 Å². The zero-order valence-electron chi connectivity index (χ0n) is 12.3. The molecule has 0 fully saturated rings. The molecule has 0 aliphatic rings. The van der Waals surface area contributed by atoms with Crippen LogP contribution >= 0.6 is 11.6 Å². The molecule has 0 saturated heterocycles. The lowest BCUT2D eigenvalue weighted by molar-refractivity contribution is 0.136. The fraction of sp³-hybridized carbons (Fsp3) is 0.250. The molecule has 5 nitrogen and oxygen atoms in total. The Morgan fingerprint density at radius 1 is 1.09 bits per heavy atom. The Bertz CT molecular complexity index is 737. The minimum Gasteiger partial charge on any atom is -0.395 e. The predicted octanol–water partition coefficient (Wildman–Crippen LogP) is 2.10. The minimum absolute atomic E-state index is 0.0117. The first-order chi connectivity index (χ1) is 10.9. The topological polar surface area (TPSA) is 86.6 Å². The Morgan fingerprint density at radius 2 is 1.78 bits per heavy atom. The third-order valence-electron chi connectivity index (χ3n) is 3.34. The van der Waals surface area contributed by atoms with Crippen molar-refractivity contribution in [3.63, 3.8) is 0 Å². The van der Waals surface area contributed by atoms with Crippen LogP contribution in [0.2, 0.25) is 5.02 Å². The van der Waals surface area contributed by atoms with Crippen LogP contribution in [0.5, 0.6) is 0 Å². The molecule has 0 aliphatic heterocycles. The normalized spacial score (nSPS) is 14.4. The number of sulfonamides is 1. The fourth-order valence-electron chi connectivity index (χ4n) is 2.16. The molecular weight excluding hydrogens is 338 g/mol. The minimum atomic E-state index is -3.83. The maximum absolute atomic E-state index is 12.3. The number of rotatable bonds is 7. The summed E-state index contributed by atoms with van der Waals surface area (Å²) in [5, 5.41) is 19.9. The highest BCUT2D eigenvalue weighted by Gasteiger charge is 2.22. The van der Waals surface area contributed by atoms with Crippen molar-refractivity contribution in [2.45, 2.75) is 23.5 Å². The van der Waals surface area contributed by atoms with Gasteiger partial charge in [-0.25, -0.2) is 13.1 Å². The second-order valence-corrected chi connectivity index (χ2v) is 7.27. The average Bonchev–Trinajstić information content (AvgIpc) is 2.54. The van der Waals surface area contributed by atoms with E-state index in [0.29, 0.717) is 10.6 Å². The zero-order chi connectivity index (χ0) is 16.9. The third kappa shape index (κ3) is 5.02. The van der Waals surface area contributed by atoms with Crippen molar-refractivity contribution < 1.29 is 18.6 Å². The summed E-state index contributed by atoms with van der Waals surface area (Å²) in [6.07, 6.45) is -0.823. The Morgan fingerprint density at radius 3 is 2.39 bits per heavy atom. The van der Waals surface area contributed by atoms with Gasteiger partial charge in [-0.05, 0) is 30.2 Å². The van der Waals surface area contributed by atoms with E-state index in [1.807, 2.05) is 6.07 Å². The lowest BCUT2D eigenvalue weighted by Gasteiger charge is -2.20. The molecule has 0 heterocycles. The second kappa shape index (κ2) is 7.90. The fourth-order valence-corrected chi connectivity index (χ4v) is 3.70. The van der Waals surface area contributed by atoms with Gasteiger partial charge in [0.2, 0.25) is 10.0 Å². The van der Waals surface area contributed by atoms with E-state index >= 15 is 0 Å². The molecule has 0 aliphatic carbocycles. The van der Waals surface area contributed by atoms with Gasteiger partial charge in [0.25, 0.3) is 0 Å². The van der Waals surface area contributed by atoms with E-state index in [1.165, 1.54) is 18.2 Å². The summed E-state index contributed by atoms with van der Waals surface area (Å²) in [6.45, 7) is -0.427. The molecule has 0 radical (unpaired) electrons. The standard InChI is InChI=1S/C16H18ClNO4S/c17-13-7-4-8-15(9-13)23(21,22)18-14(11-19)10-16(20)12-5-2-1-3-6-12/h1-9,14,16,18-20H,10-11H2/t14-,16-/m1/s1. The van der Waals surface area contributed by atoms with Crippen molar-refractivity contribution in [3.05, 3.63) is 65.2 Å². The first-order valence-electron chi connectivity index (χ1n) is 7.04. The number of aliphatic hydroxyl groups excluding tert-OH is 2. The van der Waals surface area contributed by atoms with Gasteiger partial charge in [-0.1, -0.05) is 48.0 Å². The maximum atomic E-state index is 12.3. The Kier molecular flexibility index (Phi) is 6.15. The van der Waals surface area contributed by atoms with Crippen LogP contribution in [0.1, 0.15) is 18.1 Å². The van der Waals surface area contributed by atoms with Gasteiger partial charge in [-0.2, -0.15) is 0 Å². The van der Waals surface area contributed by atoms with Crippen LogP contribution in [0.4, 0.5) is 0 Å². The lowest BCUT2D eigenvalue weighted by Crippen LogP contribution is -2.38. The molecule has 23 heavy (non-hydrogen) atoms. The van der Waals surface area contributed by atoms with E-state index in [9.17, 15) is 18.6 Å². The van der Waals surface area contributed by atoms with E-state index in [1.54, 1.807) is 30.3 Å². The van der Waals surface area contributed by atoms with Crippen LogP contribution in [0, 0.1) is 0 Å². The van der Waals surface area contributed by atoms with Gasteiger partial charge in [0.05, 0.1) is 17.6 Å². The molecule has 0 amide bonds. The SMILES string of the molecule is O=S(=O)(N[C@@H](CO)C[C@@H](O)c1ccccc1)c1cccc(Cl)c1. The van der Waals surface area contributed by atoms with Crippen LogP contribution in [0.3, 0.4) is 0 Å². The largest absolute Gasteiger partial charge is 0.395 e. The molecule has 3 N–H and O–H groups in total. The van der Waals surface area contributed by atoms with Crippen LogP contribution in [-0.2, 0) is 10.0 Å². The van der Waals surface area contributed by atoms with Crippen LogP contribution in [-0.4, -0.2) is 31.3 Å². The number of halogens is 1. The summed E-state index contributed by atoms with van der Waals surface area (Å²) in [5.74, 6) is 0. The summed E-state index contributed by atoms with van der Waals surface area (Å²) in [6, 6.07) is 13.9. The number of nitrogens with one attached hydrogen (secondary N) is 1. The van der Waals surface area contributed by atoms with Gasteiger partial charge in [0.1, 0.15) is 0 Å². The Balaban J connectivity index is 2.10. The summed E-state index contributed by atoms with van der Waals surface area (Å²) in [7, 11) is -3.83.